The zero-order valence-electron chi connectivity index (χ0n) is 12.9. The molecule has 0 spiro atoms. The van der Waals surface area contributed by atoms with Crippen molar-refractivity contribution in [2.24, 2.45) is 0 Å². The fourth-order valence-corrected chi connectivity index (χ4v) is 3.00. The normalized spacial score (nSPS) is 22.0. The third-order valence-corrected chi connectivity index (χ3v) is 4.29. The summed E-state index contributed by atoms with van der Waals surface area (Å²) in [6, 6.07) is 2.98. The molecule has 0 bridgehead atoms. The van der Waals surface area contributed by atoms with Crippen LogP contribution in [0.2, 0.25) is 0 Å². The summed E-state index contributed by atoms with van der Waals surface area (Å²) < 4.78 is 39.9. The van der Waals surface area contributed by atoms with Crippen molar-refractivity contribution in [1.82, 2.24) is 14.9 Å². The zero-order valence-corrected chi connectivity index (χ0v) is 12.9. The maximum absolute atomic E-state index is 12.8. The molecule has 0 unspecified atom stereocenters. The van der Waals surface area contributed by atoms with Crippen LogP contribution >= 0.6 is 0 Å². The van der Waals surface area contributed by atoms with Gasteiger partial charge in [0.1, 0.15) is 0 Å². The first kappa shape index (κ1) is 16.9. The number of benzene rings is 1. The first-order valence-corrected chi connectivity index (χ1v) is 7.80. The molecule has 0 saturated carbocycles. The van der Waals surface area contributed by atoms with Crippen molar-refractivity contribution in [2.45, 2.75) is 44.1 Å². The van der Waals surface area contributed by atoms with Crippen LogP contribution in [0.5, 0.6) is 0 Å². The Balaban J connectivity index is 1.75. The van der Waals surface area contributed by atoms with Gasteiger partial charge in [0.05, 0.1) is 35.6 Å². The maximum Gasteiger partial charge on any atom is 0.416 e. The van der Waals surface area contributed by atoms with E-state index in [2.05, 4.69) is 10.3 Å². The smallest absolute Gasteiger partial charge is 0.391 e. The molecule has 0 radical (unpaired) electrons. The molecule has 8 heteroatoms. The van der Waals surface area contributed by atoms with Gasteiger partial charge in [0, 0.05) is 12.5 Å². The van der Waals surface area contributed by atoms with Gasteiger partial charge in [-0.15, -0.1) is 0 Å². The summed E-state index contributed by atoms with van der Waals surface area (Å²) >= 11 is 0. The summed E-state index contributed by atoms with van der Waals surface area (Å²) in [4.78, 5) is 16.3. The topological polar surface area (TPSA) is 67.2 Å². The molecular formula is C16H18F3N3O2. The lowest BCUT2D eigenvalue weighted by Gasteiger charge is -2.28. The fourth-order valence-electron chi connectivity index (χ4n) is 3.00. The average Bonchev–Trinajstić information content (AvgIpc) is 2.91. The van der Waals surface area contributed by atoms with Crippen molar-refractivity contribution < 1.29 is 23.1 Å². The summed E-state index contributed by atoms with van der Waals surface area (Å²) in [5.74, 6) is -0.162. The Morgan fingerprint density at radius 3 is 2.92 bits per heavy atom. The van der Waals surface area contributed by atoms with Gasteiger partial charge in [-0.1, -0.05) is 0 Å². The Kier molecular flexibility index (Phi) is 4.60. The standard InChI is InChI=1S/C16H18F3N3O2/c17-16(18,19)10-3-4-12-14(6-10)22(9-21-12)8-11(23)7-13-15(24)2-1-5-20-13/h3-4,6,9,13,15,20,24H,1-2,5,7-8H2/t13-,15+/m1/s1. The number of aliphatic hydroxyl groups excluding tert-OH is 1. The number of nitrogens with zero attached hydrogens (tertiary/aromatic N) is 2. The van der Waals surface area contributed by atoms with Crippen molar-refractivity contribution in [3.8, 4) is 0 Å². The number of carbonyl (C=O) groups excluding carboxylic acids is 1. The van der Waals surface area contributed by atoms with Gasteiger partial charge in [-0.05, 0) is 37.6 Å². The minimum atomic E-state index is -4.44. The minimum absolute atomic E-state index is 0.0668. The van der Waals surface area contributed by atoms with Gasteiger partial charge in [0.15, 0.2) is 5.78 Å². The molecule has 1 saturated heterocycles. The summed E-state index contributed by atoms with van der Waals surface area (Å²) in [6.07, 6.45) is -2.00. The van der Waals surface area contributed by atoms with E-state index in [4.69, 9.17) is 0 Å². The van der Waals surface area contributed by atoms with Gasteiger partial charge in [0.2, 0.25) is 0 Å². The summed E-state index contributed by atoms with van der Waals surface area (Å²) in [6.45, 7) is 0.681. The second kappa shape index (κ2) is 6.52. The van der Waals surface area contributed by atoms with Crippen LogP contribution in [-0.2, 0) is 17.5 Å². The van der Waals surface area contributed by atoms with Crippen LogP contribution in [0.15, 0.2) is 24.5 Å². The number of piperidine rings is 1. The van der Waals surface area contributed by atoms with E-state index < -0.39 is 17.8 Å². The molecule has 0 aliphatic carbocycles. The summed E-state index contributed by atoms with van der Waals surface area (Å²) in [5, 5.41) is 13.0. The number of aliphatic hydroxyl groups is 1. The molecule has 1 aromatic carbocycles. The number of hydrogen-bond donors (Lipinski definition) is 2. The van der Waals surface area contributed by atoms with E-state index in [9.17, 15) is 23.1 Å². The minimum Gasteiger partial charge on any atom is -0.391 e. The number of rotatable bonds is 4. The number of hydrogen-bond acceptors (Lipinski definition) is 4. The van der Waals surface area contributed by atoms with Crippen LogP contribution in [-0.4, -0.2) is 39.1 Å². The second-order valence-corrected chi connectivity index (χ2v) is 6.09. The molecule has 130 valence electrons. The van der Waals surface area contributed by atoms with Gasteiger partial charge in [-0.3, -0.25) is 4.79 Å². The Bertz CT molecular complexity index is 742. The molecule has 3 rings (SSSR count). The Labute approximate surface area is 136 Å². The van der Waals surface area contributed by atoms with Gasteiger partial charge >= 0.3 is 6.18 Å². The monoisotopic (exact) mass is 341 g/mol. The molecule has 24 heavy (non-hydrogen) atoms. The quantitative estimate of drug-likeness (QED) is 0.894. The highest BCUT2D eigenvalue weighted by Crippen LogP contribution is 2.31. The van der Waals surface area contributed by atoms with E-state index in [1.165, 1.54) is 17.0 Å². The second-order valence-electron chi connectivity index (χ2n) is 6.09. The van der Waals surface area contributed by atoms with Crippen LogP contribution < -0.4 is 5.32 Å². The van der Waals surface area contributed by atoms with Crippen LogP contribution in [0.1, 0.15) is 24.8 Å². The molecule has 0 amide bonds. The van der Waals surface area contributed by atoms with Crippen molar-refractivity contribution >= 4 is 16.8 Å². The maximum atomic E-state index is 12.8. The summed E-state index contributed by atoms with van der Waals surface area (Å²) in [7, 11) is 0. The number of ketones is 1. The van der Waals surface area contributed by atoms with Crippen LogP contribution in [0.25, 0.3) is 11.0 Å². The molecule has 1 aliphatic heterocycles. The molecule has 2 atom stereocenters. The lowest BCUT2D eigenvalue weighted by molar-refractivity contribution is -0.137. The first-order chi connectivity index (χ1) is 11.3. The Morgan fingerprint density at radius 2 is 2.21 bits per heavy atom. The SMILES string of the molecule is O=C(C[C@H]1NCCC[C@@H]1O)Cn1cnc2ccc(C(F)(F)F)cc21. The van der Waals surface area contributed by atoms with Gasteiger partial charge in [-0.2, -0.15) is 13.2 Å². The van der Waals surface area contributed by atoms with Gasteiger partial charge in [0.25, 0.3) is 0 Å². The van der Waals surface area contributed by atoms with Crippen molar-refractivity contribution in [3.63, 3.8) is 0 Å². The third-order valence-electron chi connectivity index (χ3n) is 4.29. The molecule has 2 heterocycles. The first-order valence-electron chi connectivity index (χ1n) is 7.80. The van der Waals surface area contributed by atoms with E-state index in [1.54, 1.807) is 0 Å². The highest BCUT2D eigenvalue weighted by molar-refractivity contribution is 5.82. The molecule has 1 aliphatic rings. The third kappa shape index (κ3) is 3.59. The average molecular weight is 341 g/mol. The van der Waals surface area contributed by atoms with Crippen LogP contribution in [0.4, 0.5) is 13.2 Å². The van der Waals surface area contributed by atoms with Gasteiger partial charge < -0.3 is 15.0 Å². The predicted octanol–water partition coefficient (Wildman–Crippen LogP) is 2.13. The fraction of sp³-hybridized carbons (Fsp3) is 0.500. The van der Waals surface area contributed by atoms with Gasteiger partial charge in [-0.25, -0.2) is 4.98 Å². The van der Waals surface area contributed by atoms with E-state index >= 15 is 0 Å². The van der Waals surface area contributed by atoms with Crippen LogP contribution in [0.3, 0.4) is 0 Å². The number of halogens is 3. The van der Waals surface area contributed by atoms with Crippen molar-refractivity contribution in [1.29, 1.82) is 0 Å². The molecule has 1 aromatic heterocycles. The highest BCUT2D eigenvalue weighted by Gasteiger charge is 2.31. The molecular weight excluding hydrogens is 323 g/mol. The summed E-state index contributed by atoms with van der Waals surface area (Å²) in [5.41, 5.74) is -0.0875. The molecule has 2 aromatic rings. The Morgan fingerprint density at radius 1 is 1.42 bits per heavy atom. The number of aromatic nitrogens is 2. The number of imidazole rings is 1. The number of alkyl halides is 3. The predicted molar refractivity (Wildman–Crippen MR) is 81.4 cm³/mol. The number of nitrogens with one attached hydrogen (secondary N) is 1. The molecule has 1 fully saturated rings. The number of carbonyl (C=O) groups is 1. The Hall–Kier alpha value is -1.93. The van der Waals surface area contributed by atoms with E-state index in [-0.39, 0.29) is 30.3 Å². The lowest BCUT2D eigenvalue weighted by atomic mass is 9.97. The number of fused-ring (bicyclic) bond motifs is 1. The lowest BCUT2D eigenvalue weighted by Crippen LogP contribution is -2.46. The van der Waals surface area contributed by atoms with Crippen LogP contribution in [0, 0.1) is 0 Å². The molecule has 5 nitrogen and oxygen atoms in total. The highest BCUT2D eigenvalue weighted by atomic mass is 19.4. The van der Waals surface area contributed by atoms with E-state index in [0.29, 0.717) is 11.9 Å². The number of Topliss-reactive ketones (excluding diaryl/α,β-unsaturated/α-hetero) is 1. The van der Waals surface area contributed by atoms with E-state index in [0.717, 1.165) is 25.1 Å². The van der Waals surface area contributed by atoms with Crippen molar-refractivity contribution in [2.75, 3.05) is 6.54 Å². The molecule has 2 N–H and O–H groups in total. The van der Waals surface area contributed by atoms with E-state index in [1.807, 2.05) is 0 Å². The van der Waals surface area contributed by atoms with Crippen molar-refractivity contribution in [3.05, 3.63) is 30.1 Å². The largest absolute Gasteiger partial charge is 0.416 e. The zero-order chi connectivity index (χ0) is 17.3.